The molecule has 2 heterocycles. The molecule has 1 N–H and O–H groups in total. The van der Waals surface area contributed by atoms with E-state index in [4.69, 9.17) is 4.42 Å². The molecule has 7 heteroatoms. The standard InChI is InChI=1S/C16H13N3O3.C2H7N/c20-19(21)16-9-7-14(22-16)6-8-15-17-10-11-18(15)12-13-4-2-1-3-5-13;1-3-2/h1-11H,12H2;3H,1-2H3. The van der Waals surface area contributed by atoms with Crippen LogP contribution in [0.5, 0.6) is 0 Å². The van der Waals surface area contributed by atoms with Crippen LogP contribution in [0.3, 0.4) is 0 Å². The van der Waals surface area contributed by atoms with Gasteiger partial charge in [-0.2, -0.15) is 0 Å². The average molecular weight is 340 g/mol. The molecule has 0 amide bonds. The Kier molecular flexibility index (Phi) is 6.67. The van der Waals surface area contributed by atoms with E-state index in [-0.39, 0.29) is 5.88 Å². The molecule has 0 radical (unpaired) electrons. The van der Waals surface area contributed by atoms with Gasteiger partial charge in [-0.25, -0.2) is 4.98 Å². The Morgan fingerprint density at radius 3 is 2.56 bits per heavy atom. The Bertz CT molecular complexity index is 822. The first kappa shape index (κ1) is 18.2. The van der Waals surface area contributed by atoms with Gasteiger partial charge in [-0.15, -0.1) is 0 Å². The van der Waals surface area contributed by atoms with E-state index >= 15 is 0 Å². The maximum absolute atomic E-state index is 10.6. The molecule has 130 valence electrons. The van der Waals surface area contributed by atoms with Crippen LogP contribution in [0.2, 0.25) is 0 Å². The molecule has 0 aliphatic carbocycles. The average Bonchev–Trinajstić information content (AvgIpc) is 3.24. The molecule has 0 atom stereocenters. The molecule has 0 bridgehead atoms. The summed E-state index contributed by atoms with van der Waals surface area (Å²) in [5.74, 6) is 0.899. The fraction of sp³-hybridized carbons (Fsp3) is 0.167. The van der Waals surface area contributed by atoms with Crippen molar-refractivity contribution in [2.75, 3.05) is 14.1 Å². The maximum atomic E-state index is 10.6. The molecule has 1 aromatic carbocycles. The fourth-order valence-corrected chi connectivity index (χ4v) is 2.08. The highest BCUT2D eigenvalue weighted by atomic mass is 16.6. The molecular weight excluding hydrogens is 320 g/mol. The van der Waals surface area contributed by atoms with Crippen LogP contribution in [0.1, 0.15) is 17.1 Å². The van der Waals surface area contributed by atoms with Crippen molar-refractivity contribution in [3.8, 4) is 0 Å². The Labute approximate surface area is 145 Å². The Hall–Kier alpha value is -3.19. The van der Waals surface area contributed by atoms with Gasteiger partial charge in [-0.1, -0.05) is 30.3 Å². The van der Waals surface area contributed by atoms with Gasteiger partial charge in [0, 0.05) is 18.9 Å². The lowest BCUT2D eigenvalue weighted by Gasteiger charge is -2.04. The van der Waals surface area contributed by atoms with Crippen LogP contribution < -0.4 is 5.32 Å². The molecule has 3 rings (SSSR count). The van der Waals surface area contributed by atoms with Gasteiger partial charge in [-0.3, -0.25) is 10.1 Å². The number of furan rings is 1. The van der Waals surface area contributed by atoms with E-state index in [0.717, 1.165) is 5.82 Å². The quantitative estimate of drug-likeness (QED) is 0.568. The van der Waals surface area contributed by atoms with E-state index in [1.165, 1.54) is 11.6 Å². The lowest BCUT2D eigenvalue weighted by atomic mass is 10.2. The number of hydrogen-bond donors (Lipinski definition) is 1. The Morgan fingerprint density at radius 2 is 1.92 bits per heavy atom. The second kappa shape index (κ2) is 9.19. The topological polar surface area (TPSA) is 86.1 Å². The molecule has 25 heavy (non-hydrogen) atoms. The van der Waals surface area contributed by atoms with Crippen molar-refractivity contribution in [2.45, 2.75) is 6.54 Å². The number of rotatable bonds is 5. The van der Waals surface area contributed by atoms with E-state index in [2.05, 4.69) is 10.3 Å². The zero-order valence-electron chi connectivity index (χ0n) is 14.1. The summed E-state index contributed by atoms with van der Waals surface area (Å²) >= 11 is 0. The molecule has 0 aliphatic rings. The predicted molar refractivity (Wildman–Crippen MR) is 97.0 cm³/mol. The van der Waals surface area contributed by atoms with E-state index in [1.54, 1.807) is 24.4 Å². The maximum Gasteiger partial charge on any atom is 0.433 e. The molecular formula is C18H20N4O3. The zero-order valence-corrected chi connectivity index (χ0v) is 14.1. The zero-order chi connectivity index (χ0) is 18.1. The minimum atomic E-state index is -0.562. The SMILES string of the molecule is CNC.O=[N+]([O-])c1ccc(C=Cc2nccn2Cc2ccccc2)o1. The van der Waals surface area contributed by atoms with E-state index in [0.29, 0.717) is 12.3 Å². The van der Waals surface area contributed by atoms with Gasteiger partial charge in [0.05, 0.1) is 6.07 Å². The molecule has 0 aliphatic heterocycles. The second-order valence-electron chi connectivity index (χ2n) is 5.17. The number of aromatic nitrogens is 2. The van der Waals surface area contributed by atoms with Gasteiger partial charge in [0.2, 0.25) is 0 Å². The highest BCUT2D eigenvalue weighted by Gasteiger charge is 2.10. The molecule has 2 aromatic heterocycles. The van der Waals surface area contributed by atoms with Crippen LogP contribution >= 0.6 is 0 Å². The molecule has 0 saturated heterocycles. The lowest BCUT2D eigenvalue weighted by molar-refractivity contribution is -0.402. The number of nitro groups is 1. The third-order valence-electron chi connectivity index (χ3n) is 3.13. The van der Waals surface area contributed by atoms with Crippen molar-refractivity contribution in [1.82, 2.24) is 14.9 Å². The number of hydrogen-bond acceptors (Lipinski definition) is 5. The summed E-state index contributed by atoms with van der Waals surface area (Å²) in [5, 5.41) is 13.3. The molecule has 0 spiro atoms. The van der Waals surface area contributed by atoms with Crippen LogP contribution in [0.15, 0.2) is 59.3 Å². The normalized spacial score (nSPS) is 10.5. The molecule has 0 unspecified atom stereocenters. The van der Waals surface area contributed by atoms with Crippen molar-refractivity contribution >= 4 is 18.0 Å². The first-order valence-electron chi connectivity index (χ1n) is 7.70. The van der Waals surface area contributed by atoms with Crippen LogP contribution in [0, 0.1) is 10.1 Å². The molecule has 0 fully saturated rings. The van der Waals surface area contributed by atoms with E-state index < -0.39 is 4.92 Å². The van der Waals surface area contributed by atoms with Gasteiger partial charge in [0.1, 0.15) is 16.5 Å². The third kappa shape index (κ3) is 5.43. The first-order valence-corrected chi connectivity index (χ1v) is 7.70. The van der Waals surface area contributed by atoms with Gasteiger partial charge in [0.25, 0.3) is 0 Å². The lowest BCUT2D eigenvalue weighted by Crippen LogP contribution is -2.00. The summed E-state index contributed by atoms with van der Waals surface area (Å²) in [4.78, 5) is 14.3. The van der Waals surface area contributed by atoms with Crippen LogP contribution in [0.4, 0.5) is 5.88 Å². The second-order valence-corrected chi connectivity index (χ2v) is 5.17. The minimum absolute atomic E-state index is 0.271. The van der Waals surface area contributed by atoms with Gasteiger partial charge in [0.15, 0.2) is 0 Å². The summed E-state index contributed by atoms with van der Waals surface area (Å²) in [6.07, 6.45) is 7.03. The molecule has 3 aromatic rings. The molecule has 7 nitrogen and oxygen atoms in total. The number of nitrogens with zero attached hydrogens (tertiary/aromatic N) is 3. The van der Waals surface area contributed by atoms with Gasteiger partial charge in [-0.05, 0) is 37.9 Å². The summed E-state index contributed by atoms with van der Waals surface area (Å²) in [6, 6.07) is 12.9. The number of benzene rings is 1. The molecule has 0 saturated carbocycles. The van der Waals surface area contributed by atoms with Crippen LogP contribution in [-0.4, -0.2) is 28.6 Å². The summed E-state index contributed by atoms with van der Waals surface area (Å²) in [5.41, 5.74) is 1.17. The highest BCUT2D eigenvalue weighted by molar-refractivity contribution is 5.64. The van der Waals surface area contributed by atoms with Crippen LogP contribution in [0.25, 0.3) is 12.2 Å². The van der Waals surface area contributed by atoms with Crippen molar-refractivity contribution in [2.24, 2.45) is 0 Å². The highest BCUT2D eigenvalue weighted by Crippen LogP contribution is 2.17. The van der Waals surface area contributed by atoms with E-state index in [1.807, 2.05) is 55.2 Å². The van der Waals surface area contributed by atoms with Crippen molar-refractivity contribution in [1.29, 1.82) is 0 Å². The van der Waals surface area contributed by atoms with Crippen molar-refractivity contribution < 1.29 is 9.34 Å². The van der Waals surface area contributed by atoms with Gasteiger partial charge >= 0.3 is 5.88 Å². The summed E-state index contributed by atoms with van der Waals surface area (Å²) in [6.45, 7) is 0.707. The van der Waals surface area contributed by atoms with Crippen molar-refractivity contribution in [3.05, 3.63) is 82.1 Å². The smallest absolute Gasteiger partial charge is 0.401 e. The Morgan fingerprint density at radius 1 is 1.20 bits per heavy atom. The Balaban J connectivity index is 0.000000701. The number of imidazole rings is 1. The number of nitrogens with one attached hydrogen (secondary N) is 1. The minimum Gasteiger partial charge on any atom is -0.401 e. The van der Waals surface area contributed by atoms with Crippen LogP contribution in [-0.2, 0) is 6.54 Å². The van der Waals surface area contributed by atoms with Crippen molar-refractivity contribution in [3.63, 3.8) is 0 Å². The summed E-state index contributed by atoms with van der Waals surface area (Å²) < 4.78 is 7.07. The monoisotopic (exact) mass is 340 g/mol. The van der Waals surface area contributed by atoms with Gasteiger partial charge < -0.3 is 14.3 Å². The fourth-order valence-electron chi connectivity index (χ4n) is 2.08. The van der Waals surface area contributed by atoms with E-state index in [9.17, 15) is 10.1 Å². The predicted octanol–water partition coefficient (Wildman–Crippen LogP) is 3.44. The first-order chi connectivity index (χ1) is 12.1. The third-order valence-corrected chi connectivity index (χ3v) is 3.13. The summed E-state index contributed by atoms with van der Waals surface area (Å²) in [7, 11) is 3.75. The largest absolute Gasteiger partial charge is 0.433 e.